The van der Waals surface area contributed by atoms with E-state index in [4.69, 9.17) is 33.2 Å². The van der Waals surface area contributed by atoms with Crippen molar-refractivity contribution in [2.45, 2.75) is 39.2 Å². The van der Waals surface area contributed by atoms with Crippen LogP contribution >= 0.6 is 0 Å². The highest BCUT2D eigenvalue weighted by atomic mass is 16.5. The quantitative estimate of drug-likeness (QED) is 0.307. The summed E-state index contributed by atoms with van der Waals surface area (Å²) in [6.45, 7) is 8.21. The number of hydrogen-bond acceptors (Lipinski definition) is 7. The van der Waals surface area contributed by atoms with Gasteiger partial charge in [0.25, 0.3) is 0 Å². The monoisotopic (exact) mass is 408 g/mol. The molecule has 0 aromatic rings. The average molecular weight is 409 g/mol. The van der Waals surface area contributed by atoms with Gasteiger partial charge in [-0.3, -0.25) is 0 Å². The molecule has 1 unspecified atom stereocenters. The van der Waals surface area contributed by atoms with Crippen LogP contribution in [0.15, 0.2) is 0 Å². The zero-order valence-electron chi connectivity index (χ0n) is 19.2. The van der Waals surface area contributed by atoms with E-state index in [2.05, 4.69) is 13.8 Å². The summed E-state index contributed by atoms with van der Waals surface area (Å²) in [6.07, 6.45) is 3.38. The standard InChI is InChI=1S/C21H44O7/c1-8-10-19(9-2)28-18-21(14-25-6,15-26-7)17-27-16-20(11-22-3,12-23-4)13-24-5/h19H,8-18H2,1-7H3. The van der Waals surface area contributed by atoms with Gasteiger partial charge in [0.15, 0.2) is 0 Å². The molecule has 7 nitrogen and oxygen atoms in total. The molecule has 0 fully saturated rings. The molecule has 0 aliphatic carbocycles. The van der Waals surface area contributed by atoms with Gasteiger partial charge in [0.1, 0.15) is 0 Å². The van der Waals surface area contributed by atoms with Crippen LogP contribution < -0.4 is 0 Å². The lowest BCUT2D eigenvalue weighted by Gasteiger charge is -2.36. The minimum Gasteiger partial charge on any atom is -0.384 e. The van der Waals surface area contributed by atoms with E-state index >= 15 is 0 Å². The Morgan fingerprint density at radius 3 is 1.29 bits per heavy atom. The minimum absolute atomic E-state index is 0.243. The predicted molar refractivity (Wildman–Crippen MR) is 110 cm³/mol. The number of hydrogen-bond donors (Lipinski definition) is 0. The maximum absolute atomic E-state index is 6.21. The fourth-order valence-corrected chi connectivity index (χ4v) is 3.54. The Hall–Kier alpha value is -0.280. The molecule has 0 N–H and O–H groups in total. The average Bonchev–Trinajstić information content (AvgIpc) is 2.66. The molecular weight excluding hydrogens is 364 g/mol. The fourth-order valence-electron chi connectivity index (χ4n) is 3.54. The summed E-state index contributed by atoms with van der Waals surface area (Å²) in [6, 6.07) is 0. The van der Waals surface area contributed by atoms with E-state index in [1.807, 2.05) is 0 Å². The second-order valence-electron chi connectivity index (χ2n) is 7.79. The molecule has 0 bridgehead atoms. The zero-order valence-corrected chi connectivity index (χ0v) is 19.2. The van der Waals surface area contributed by atoms with Gasteiger partial charge in [-0.2, -0.15) is 0 Å². The first-order valence-corrected chi connectivity index (χ1v) is 10.1. The largest absolute Gasteiger partial charge is 0.384 e. The van der Waals surface area contributed by atoms with Crippen LogP contribution in [0.1, 0.15) is 33.1 Å². The van der Waals surface area contributed by atoms with Gasteiger partial charge in [-0.1, -0.05) is 20.3 Å². The van der Waals surface area contributed by atoms with Crippen molar-refractivity contribution < 1.29 is 33.2 Å². The van der Waals surface area contributed by atoms with Crippen LogP contribution in [0, 0.1) is 10.8 Å². The molecule has 28 heavy (non-hydrogen) atoms. The lowest BCUT2D eigenvalue weighted by Crippen LogP contribution is -2.45. The molecule has 0 rings (SSSR count). The molecule has 170 valence electrons. The van der Waals surface area contributed by atoms with Crippen LogP contribution in [0.3, 0.4) is 0 Å². The van der Waals surface area contributed by atoms with Gasteiger partial charge in [0.2, 0.25) is 0 Å². The molecule has 0 aromatic carbocycles. The van der Waals surface area contributed by atoms with Crippen molar-refractivity contribution in [2.75, 3.05) is 88.4 Å². The Labute approximate surface area is 172 Å². The van der Waals surface area contributed by atoms with Crippen molar-refractivity contribution in [2.24, 2.45) is 10.8 Å². The molecule has 7 heteroatoms. The smallest absolute Gasteiger partial charge is 0.0637 e. The van der Waals surface area contributed by atoms with Gasteiger partial charge in [-0.05, 0) is 12.8 Å². The Morgan fingerprint density at radius 1 is 0.571 bits per heavy atom. The molecule has 0 heterocycles. The van der Waals surface area contributed by atoms with Gasteiger partial charge in [-0.15, -0.1) is 0 Å². The van der Waals surface area contributed by atoms with Crippen LogP contribution in [0.25, 0.3) is 0 Å². The number of ether oxygens (including phenoxy) is 7. The van der Waals surface area contributed by atoms with E-state index in [-0.39, 0.29) is 16.9 Å². The van der Waals surface area contributed by atoms with Crippen LogP contribution in [-0.2, 0) is 33.2 Å². The summed E-state index contributed by atoms with van der Waals surface area (Å²) in [5, 5.41) is 0. The van der Waals surface area contributed by atoms with Crippen molar-refractivity contribution in [3.63, 3.8) is 0 Å². The second kappa shape index (κ2) is 16.5. The minimum atomic E-state index is -0.371. The molecule has 0 saturated heterocycles. The molecular formula is C21H44O7. The number of rotatable bonds is 20. The van der Waals surface area contributed by atoms with Crippen LogP contribution in [0.4, 0.5) is 0 Å². The Kier molecular flexibility index (Phi) is 16.3. The summed E-state index contributed by atoms with van der Waals surface area (Å²) in [5.74, 6) is 0. The molecule has 0 saturated carbocycles. The van der Waals surface area contributed by atoms with Crippen LogP contribution in [-0.4, -0.2) is 94.5 Å². The normalized spacial score (nSPS) is 13.8. The van der Waals surface area contributed by atoms with Gasteiger partial charge in [0, 0.05) is 35.5 Å². The topological polar surface area (TPSA) is 64.6 Å². The van der Waals surface area contributed by atoms with Crippen molar-refractivity contribution in [1.82, 2.24) is 0 Å². The van der Waals surface area contributed by atoms with E-state index in [0.29, 0.717) is 52.9 Å². The Balaban J connectivity index is 5.09. The summed E-state index contributed by atoms with van der Waals surface area (Å²) >= 11 is 0. The van der Waals surface area contributed by atoms with Gasteiger partial charge >= 0.3 is 0 Å². The molecule has 0 radical (unpaired) electrons. The molecule has 1 atom stereocenters. The summed E-state index contributed by atoms with van der Waals surface area (Å²) in [7, 11) is 8.41. The van der Waals surface area contributed by atoms with E-state index in [0.717, 1.165) is 19.3 Å². The van der Waals surface area contributed by atoms with Crippen LogP contribution in [0.2, 0.25) is 0 Å². The van der Waals surface area contributed by atoms with Crippen molar-refractivity contribution in [3.05, 3.63) is 0 Å². The molecule has 0 aliphatic rings. The Bertz CT molecular complexity index is 329. The van der Waals surface area contributed by atoms with Crippen molar-refractivity contribution in [3.8, 4) is 0 Å². The van der Waals surface area contributed by atoms with Gasteiger partial charge < -0.3 is 33.2 Å². The molecule has 0 aliphatic heterocycles. The van der Waals surface area contributed by atoms with E-state index in [9.17, 15) is 0 Å². The van der Waals surface area contributed by atoms with Gasteiger partial charge in [0.05, 0.1) is 69.8 Å². The highest BCUT2D eigenvalue weighted by Gasteiger charge is 2.36. The first-order chi connectivity index (χ1) is 13.5. The Morgan fingerprint density at radius 2 is 0.964 bits per heavy atom. The highest BCUT2D eigenvalue weighted by molar-refractivity contribution is 4.83. The molecule has 0 aromatic heterocycles. The zero-order chi connectivity index (χ0) is 21.3. The fraction of sp³-hybridized carbons (Fsp3) is 1.00. The first-order valence-electron chi connectivity index (χ1n) is 10.1. The highest BCUT2D eigenvalue weighted by Crippen LogP contribution is 2.25. The van der Waals surface area contributed by atoms with Crippen molar-refractivity contribution >= 4 is 0 Å². The summed E-state index contributed by atoms with van der Waals surface area (Å²) in [4.78, 5) is 0. The summed E-state index contributed by atoms with van der Waals surface area (Å²) < 4.78 is 39.6. The first kappa shape index (κ1) is 27.7. The predicted octanol–water partition coefficient (Wildman–Crippen LogP) is 2.80. The van der Waals surface area contributed by atoms with Crippen LogP contribution in [0.5, 0.6) is 0 Å². The van der Waals surface area contributed by atoms with E-state index in [1.165, 1.54) is 0 Å². The number of methoxy groups -OCH3 is 5. The maximum atomic E-state index is 6.21. The lowest BCUT2D eigenvalue weighted by molar-refractivity contribution is -0.136. The SMILES string of the molecule is CCCC(CC)OCC(COC)(COC)COCC(COC)(COC)COC. The molecule has 0 amide bonds. The maximum Gasteiger partial charge on any atom is 0.0637 e. The van der Waals surface area contributed by atoms with E-state index in [1.54, 1.807) is 35.5 Å². The second-order valence-corrected chi connectivity index (χ2v) is 7.79. The third-order valence-corrected chi connectivity index (χ3v) is 4.76. The third kappa shape index (κ3) is 10.5. The van der Waals surface area contributed by atoms with Crippen molar-refractivity contribution in [1.29, 1.82) is 0 Å². The molecule has 0 spiro atoms. The third-order valence-electron chi connectivity index (χ3n) is 4.76. The van der Waals surface area contributed by atoms with Gasteiger partial charge in [-0.25, -0.2) is 0 Å². The van der Waals surface area contributed by atoms with E-state index < -0.39 is 0 Å². The lowest BCUT2D eigenvalue weighted by atomic mass is 9.90. The summed E-state index contributed by atoms with van der Waals surface area (Å²) in [5.41, 5.74) is -0.733.